The summed E-state index contributed by atoms with van der Waals surface area (Å²) in [6.45, 7) is 8.32. The molecule has 8 nitrogen and oxygen atoms in total. The van der Waals surface area contributed by atoms with E-state index in [0.29, 0.717) is 5.69 Å². The standard InChI is InChI=1S/C29H32N6O2/c1-2-27(37)31-24-7-3-5-21(19-24)26-8-4-6-22-20-30-29(33-28(22)26)32-23-9-11-25(12-10-23)35-15-13-34(14-16-35)17-18-36/h2-12,19-20,29,32-33,36H,1,13-18H2,(H,31,37). The number of rotatable bonds is 8. The van der Waals surface area contributed by atoms with Gasteiger partial charge in [-0.15, -0.1) is 0 Å². The molecule has 1 amide bonds. The van der Waals surface area contributed by atoms with E-state index in [9.17, 15) is 4.79 Å². The van der Waals surface area contributed by atoms with Gasteiger partial charge in [-0.05, 0) is 48.0 Å². The van der Waals surface area contributed by atoms with Gasteiger partial charge in [0.05, 0.1) is 12.3 Å². The van der Waals surface area contributed by atoms with Gasteiger partial charge in [0.1, 0.15) is 0 Å². The molecule has 2 heterocycles. The number of carbonyl (C=O) groups is 1. The van der Waals surface area contributed by atoms with Crippen LogP contribution in [0.25, 0.3) is 11.1 Å². The van der Waals surface area contributed by atoms with E-state index in [-0.39, 0.29) is 18.8 Å². The first-order valence-corrected chi connectivity index (χ1v) is 12.5. The molecule has 5 rings (SSSR count). The molecular weight excluding hydrogens is 464 g/mol. The number of β-amino-alcohol motifs (C(OH)–C–C–N with tert-alkyl or cyclic N) is 1. The summed E-state index contributed by atoms with van der Waals surface area (Å²) in [5.41, 5.74) is 6.91. The SMILES string of the molecule is C=CC(=O)Nc1cccc(-c2cccc3c2NC(Nc2ccc(N4CCN(CCO)CC4)cc2)N=C3)c1. The Morgan fingerprint density at radius 2 is 1.84 bits per heavy atom. The largest absolute Gasteiger partial charge is 0.395 e. The van der Waals surface area contributed by atoms with Crippen LogP contribution in [0.2, 0.25) is 0 Å². The number of aliphatic hydroxyl groups is 1. The van der Waals surface area contributed by atoms with Crippen molar-refractivity contribution in [3.63, 3.8) is 0 Å². The van der Waals surface area contributed by atoms with Crippen molar-refractivity contribution < 1.29 is 9.90 Å². The van der Waals surface area contributed by atoms with E-state index in [4.69, 9.17) is 5.11 Å². The van der Waals surface area contributed by atoms with Crippen LogP contribution in [0.1, 0.15) is 5.56 Å². The molecular formula is C29H32N6O2. The number of benzene rings is 3. The highest BCUT2D eigenvalue weighted by Gasteiger charge is 2.19. The lowest BCUT2D eigenvalue weighted by molar-refractivity contribution is -0.111. The summed E-state index contributed by atoms with van der Waals surface area (Å²) in [5, 5.41) is 19.0. The predicted octanol–water partition coefficient (Wildman–Crippen LogP) is 3.83. The highest BCUT2D eigenvalue weighted by molar-refractivity contribution is 6.00. The third-order valence-electron chi connectivity index (χ3n) is 6.69. The molecule has 2 aliphatic rings. The van der Waals surface area contributed by atoms with Crippen LogP contribution in [-0.2, 0) is 4.79 Å². The molecule has 4 N–H and O–H groups in total. The van der Waals surface area contributed by atoms with Gasteiger partial charge in [0.25, 0.3) is 0 Å². The van der Waals surface area contributed by atoms with Crippen LogP contribution in [0.4, 0.5) is 22.7 Å². The van der Waals surface area contributed by atoms with Gasteiger partial charge in [0.2, 0.25) is 5.91 Å². The van der Waals surface area contributed by atoms with Crippen LogP contribution in [0.5, 0.6) is 0 Å². The maximum Gasteiger partial charge on any atom is 0.247 e. The number of hydrogen-bond donors (Lipinski definition) is 4. The molecule has 1 unspecified atom stereocenters. The van der Waals surface area contributed by atoms with Crippen LogP contribution in [-0.4, -0.2) is 67.7 Å². The Labute approximate surface area is 217 Å². The van der Waals surface area contributed by atoms with Gasteiger partial charge in [-0.25, -0.2) is 4.99 Å². The average Bonchev–Trinajstić information content (AvgIpc) is 2.94. The number of carbonyl (C=O) groups excluding carboxylic acids is 1. The highest BCUT2D eigenvalue weighted by Crippen LogP contribution is 2.34. The van der Waals surface area contributed by atoms with Gasteiger partial charge in [-0.2, -0.15) is 0 Å². The van der Waals surface area contributed by atoms with Crippen molar-refractivity contribution in [2.45, 2.75) is 6.29 Å². The second kappa shape index (κ2) is 11.3. The molecule has 1 saturated heterocycles. The number of hydrogen-bond acceptors (Lipinski definition) is 7. The summed E-state index contributed by atoms with van der Waals surface area (Å²) >= 11 is 0. The molecule has 2 aliphatic heterocycles. The Kier molecular flexibility index (Phi) is 7.49. The fourth-order valence-electron chi connectivity index (χ4n) is 4.74. The van der Waals surface area contributed by atoms with Crippen LogP contribution >= 0.6 is 0 Å². The van der Waals surface area contributed by atoms with Crippen molar-refractivity contribution in [1.29, 1.82) is 0 Å². The molecule has 190 valence electrons. The van der Waals surface area contributed by atoms with Crippen LogP contribution < -0.4 is 20.9 Å². The first-order valence-electron chi connectivity index (χ1n) is 12.5. The Hall–Kier alpha value is -4.14. The predicted molar refractivity (Wildman–Crippen MR) is 152 cm³/mol. The second-order valence-electron chi connectivity index (χ2n) is 9.11. The Balaban J connectivity index is 1.27. The van der Waals surface area contributed by atoms with E-state index in [0.717, 1.165) is 60.8 Å². The maximum absolute atomic E-state index is 11.7. The quantitative estimate of drug-likeness (QED) is 0.354. The van der Waals surface area contributed by atoms with E-state index in [2.05, 4.69) is 67.7 Å². The van der Waals surface area contributed by atoms with Gasteiger partial charge in [-0.1, -0.05) is 36.9 Å². The molecule has 3 aromatic carbocycles. The molecule has 8 heteroatoms. The van der Waals surface area contributed by atoms with Crippen molar-refractivity contribution >= 4 is 34.9 Å². The minimum atomic E-state index is -0.315. The van der Waals surface area contributed by atoms with Gasteiger partial charge in [-0.3, -0.25) is 9.69 Å². The minimum Gasteiger partial charge on any atom is -0.395 e. The normalized spacial score (nSPS) is 17.0. The monoisotopic (exact) mass is 496 g/mol. The summed E-state index contributed by atoms with van der Waals surface area (Å²) in [6.07, 6.45) is 2.83. The van der Waals surface area contributed by atoms with Crippen molar-refractivity contribution in [2.75, 3.05) is 60.2 Å². The molecule has 0 aromatic heterocycles. The van der Waals surface area contributed by atoms with E-state index < -0.39 is 0 Å². The summed E-state index contributed by atoms with van der Waals surface area (Å²) in [4.78, 5) is 21.1. The zero-order valence-electron chi connectivity index (χ0n) is 20.7. The smallest absolute Gasteiger partial charge is 0.247 e. The number of nitrogens with one attached hydrogen (secondary N) is 3. The number of piperazine rings is 1. The lowest BCUT2D eigenvalue weighted by Crippen LogP contribution is -2.47. The molecule has 1 atom stereocenters. The van der Waals surface area contributed by atoms with E-state index in [1.165, 1.54) is 11.8 Å². The zero-order chi connectivity index (χ0) is 25.6. The average molecular weight is 497 g/mol. The van der Waals surface area contributed by atoms with Gasteiger partial charge < -0.3 is 26.0 Å². The molecule has 0 aliphatic carbocycles. The van der Waals surface area contributed by atoms with Crippen LogP contribution in [0.15, 0.2) is 84.4 Å². The Morgan fingerprint density at radius 3 is 2.59 bits per heavy atom. The number of anilines is 4. The minimum absolute atomic E-state index is 0.213. The molecule has 1 fully saturated rings. The van der Waals surface area contributed by atoms with Gasteiger partial charge in [0.15, 0.2) is 6.29 Å². The molecule has 37 heavy (non-hydrogen) atoms. The summed E-state index contributed by atoms with van der Waals surface area (Å²) in [6, 6.07) is 22.3. The van der Waals surface area contributed by atoms with E-state index >= 15 is 0 Å². The second-order valence-corrected chi connectivity index (χ2v) is 9.11. The third-order valence-corrected chi connectivity index (χ3v) is 6.69. The number of para-hydroxylation sites is 1. The van der Waals surface area contributed by atoms with Crippen molar-refractivity contribution in [1.82, 2.24) is 4.90 Å². The summed E-state index contributed by atoms with van der Waals surface area (Å²) in [7, 11) is 0. The summed E-state index contributed by atoms with van der Waals surface area (Å²) in [5.74, 6) is -0.239. The fraction of sp³-hybridized carbons (Fsp3) is 0.241. The number of aliphatic hydroxyl groups excluding tert-OH is 1. The molecule has 0 spiro atoms. The van der Waals surface area contributed by atoms with Gasteiger partial charge >= 0.3 is 0 Å². The zero-order valence-corrected chi connectivity index (χ0v) is 20.7. The van der Waals surface area contributed by atoms with Crippen molar-refractivity contribution in [2.24, 2.45) is 4.99 Å². The van der Waals surface area contributed by atoms with E-state index in [1.54, 1.807) is 0 Å². The number of nitrogens with zero attached hydrogens (tertiary/aromatic N) is 3. The van der Waals surface area contributed by atoms with Crippen molar-refractivity contribution in [3.05, 3.63) is 84.9 Å². The van der Waals surface area contributed by atoms with Crippen molar-refractivity contribution in [3.8, 4) is 11.1 Å². The maximum atomic E-state index is 11.7. The molecule has 0 radical (unpaired) electrons. The lowest BCUT2D eigenvalue weighted by atomic mass is 9.99. The van der Waals surface area contributed by atoms with Crippen LogP contribution in [0, 0.1) is 0 Å². The number of fused-ring (bicyclic) bond motifs is 1. The third kappa shape index (κ3) is 5.82. The molecule has 0 bridgehead atoms. The van der Waals surface area contributed by atoms with Gasteiger partial charge in [0, 0.05) is 67.1 Å². The van der Waals surface area contributed by atoms with E-state index in [1.807, 2.05) is 42.6 Å². The number of aliphatic imine (C=N–C) groups is 1. The Morgan fingerprint density at radius 1 is 1.05 bits per heavy atom. The topological polar surface area (TPSA) is 92.2 Å². The Bertz CT molecular complexity index is 1280. The first-order chi connectivity index (χ1) is 18.1. The van der Waals surface area contributed by atoms with Crippen LogP contribution in [0.3, 0.4) is 0 Å². The lowest BCUT2D eigenvalue weighted by Gasteiger charge is -2.35. The highest BCUT2D eigenvalue weighted by atomic mass is 16.3. The fourth-order valence-corrected chi connectivity index (χ4v) is 4.74. The summed E-state index contributed by atoms with van der Waals surface area (Å²) < 4.78 is 0. The molecule has 0 saturated carbocycles. The first kappa shape index (κ1) is 24.5. The molecule has 3 aromatic rings. The number of amides is 1.